The van der Waals surface area contributed by atoms with Crippen molar-refractivity contribution >= 4 is 5.91 Å². The van der Waals surface area contributed by atoms with Crippen LogP contribution in [0.15, 0.2) is 24.3 Å². The molecule has 5 heteroatoms. The zero-order chi connectivity index (χ0) is 18.5. The van der Waals surface area contributed by atoms with Crippen molar-refractivity contribution < 1.29 is 9.53 Å². The first kappa shape index (κ1) is 19.2. The molecule has 2 aliphatic rings. The fourth-order valence-electron chi connectivity index (χ4n) is 3.77. The van der Waals surface area contributed by atoms with Crippen molar-refractivity contribution in [3.63, 3.8) is 0 Å². The molecule has 3 rings (SSSR count). The van der Waals surface area contributed by atoms with Crippen LogP contribution < -0.4 is 4.74 Å². The summed E-state index contributed by atoms with van der Waals surface area (Å²) >= 11 is 0. The van der Waals surface area contributed by atoms with E-state index in [1.807, 2.05) is 17.0 Å². The molecule has 1 aromatic rings. The molecule has 0 radical (unpaired) electrons. The second kappa shape index (κ2) is 8.87. The number of carbonyl (C=O) groups is 1. The molecule has 1 atom stereocenters. The maximum atomic E-state index is 12.4. The van der Waals surface area contributed by atoms with Crippen LogP contribution in [-0.2, 0) is 11.3 Å². The molecule has 1 amide bonds. The molecule has 144 valence electrons. The van der Waals surface area contributed by atoms with E-state index in [0.717, 1.165) is 63.8 Å². The minimum atomic E-state index is 0.111. The Morgan fingerprint density at radius 2 is 1.85 bits per heavy atom. The van der Waals surface area contributed by atoms with Gasteiger partial charge in [-0.3, -0.25) is 9.69 Å². The molecule has 0 saturated carbocycles. The highest BCUT2D eigenvalue weighted by atomic mass is 16.5. The third-order valence-electron chi connectivity index (χ3n) is 5.90. The second-order valence-corrected chi connectivity index (χ2v) is 8.02. The lowest BCUT2D eigenvalue weighted by molar-refractivity contribution is -0.134. The number of hydrogen-bond acceptors (Lipinski definition) is 4. The third kappa shape index (κ3) is 4.98. The fraction of sp³-hybridized carbons (Fsp3) is 0.667. The molecule has 5 nitrogen and oxygen atoms in total. The van der Waals surface area contributed by atoms with E-state index in [1.165, 1.54) is 5.56 Å². The summed E-state index contributed by atoms with van der Waals surface area (Å²) in [4.78, 5) is 19.3. The number of piperidine rings is 1. The van der Waals surface area contributed by atoms with E-state index in [2.05, 4.69) is 42.8 Å². The van der Waals surface area contributed by atoms with Crippen LogP contribution in [0.25, 0.3) is 0 Å². The highest BCUT2D eigenvalue weighted by Crippen LogP contribution is 2.22. The zero-order valence-corrected chi connectivity index (χ0v) is 16.5. The van der Waals surface area contributed by atoms with Crippen LogP contribution in [0.2, 0.25) is 0 Å². The minimum Gasteiger partial charge on any atom is -0.483 e. The number of rotatable bonds is 5. The molecule has 0 aromatic heterocycles. The van der Waals surface area contributed by atoms with E-state index in [-0.39, 0.29) is 12.5 Å². The quantitative estimate of drug-likeness (QED) is 0.809. The van der Waals surface area contributed by atoms with Gasteiger partial charge in [-0.15, -0.1) is 0 Å². The van der Waals surface area contributed by atoms with E-state index in [1.54, 1.807) is 0 Å². The lowest BCUT2D eigenvalue weighted by atomic mass is 9.99. The molecule has 2 saturated heterocycles. The zero-order valence-electron chi connectivity index (χ0n) is 16.5. The van der Waals surface area contributed by atoms with Gasteiger partial charge in [-0.05, 0) is 38.8 Å². The second-order valence-electron chi connectivity index (χ2n) is 8.02. The number of amides is 1. The summed E-state index contributed by atoms with van der Waals surface area (Å²) in [7, 11) is 2.19. The smallest absolute Gasteiger partial charge is 0.260 e. The number of ether oxygens (including phenoxy) is 1. The number of carbonyl (C=O) groups excluding carboxylic acids is 1. The van der Waals surface area contributed by atoms with Gasteiger partial charge in [0.15, 0.2) is 6.61 Å². The number of likely N-dealkylation sites (N-methyl/N-ethyl adjacent to an activating group) is 1. The summed E-state index contributed by atoms with van der Waals surface area (Å²) in [6.45, 7) is 10.5. The van der Waals surface area contributed by atoms with Gasteiger partial charge in [-0.25, -0.2) is 0 Å². The van der Waals surface area contributed by atoms with Gasteiger partial charge in [0.2, 0.25) is 0 Å². The molecule has 1 unspecified atom stereocenters. The van der Waals surface area contributed by atoms with E-state index < -0.39 is 0 Å². The monoisotopic (exact) mass is 359 g/mol. The summed E-state index contributed by atoms with van der Waals surface area (Å²) in [6.07, 6.45) is 2.20. The van der Waals surface area contributed by atoms with Crippen LogP contribution in [0.1, 0.15) is 32.3 Å². The summed E-state index contributed by atoms with van der Waals surface area (Å²) < 4.78 is 5.94. The van der Waals surface area contributed by atoms with Crippen molar-refractivity contribution in [2.75, 3.05) is 46.4 Å². The Morgan fingerprint density at radius 1 is 1.12 bits per heavy atom. The van der Waals surface area contributed by atoms with E-state index in [0.29, 0.717) is 6.04 Å². The number of hydrogen-bond donors (Lipinski definition) is 0. The maximum absolute atomic E-state index is 12.4. The number of nitrogens with zero attached hydrogens (tertiary/aromatic N) is 3. The number of para-hydroxylation sites is 1. The summed E-state index contributed by atoms with van der Waals surface area (Å²) in [6, 6.07) is 8.71. The number of piperazine rings is 1. The SMILES string of the molecule is CC1CCN(C(=O)COc2ccccc2CN2CCN(C)C(C)C2)CC1. The maximum Gasteiger partial charge on any atom is 0.260 e. The lowest BCUT2D eigenvalue weighted by Gasteiger charge is -2.37. The molecule has 0 bridgehead atoms. The Kier molecular flexibility index (Phi) is 6.54. The number of likely N-dealkylation sites (tertiary alicyclic amines) is 1. The molecular formula is C21H33N3O2. The van der Waals surface area contributed by atoms with Crippen LogP contribution in [0.3, 0.4) is 0 Å². The van der Waals surface area contributed by atoms with Crippen molar-refractivity contribution in [1.29, 1.82) is 0 Å². The van der Waals surface area contributed by atoms with Gasteiger partial charge >= 0.3 is 0 Å². The van der Waals surface area contributed by atoms with Gasteiger partial charge in [0.1, 0.15) is 5.75 Å². The van der Waals surface area contributed by atoms with Crippen LogP contribution >= 0.6 is 0 Å². The Labute approximate surface area is 157 Å². The van der Waals surface area contributed by atoms with Crippen LogP contribution in [-0.4, -0.2) is 73.0 Å². The Bertz CT molecular complexity index is 599. The average molecular weight is 360 g/mol. The minimum absolute atomic E-state index is 0.111. The fourth-order valence-corrected chi connectivity index (χ4v) is 3.77. The molecule has 0 aliphatic carbocycles. The van der Waals surface area contributed by atoms with Crippen LogP contribution in [0, 0.1) is 5.92 Å². The molecule has 26 heavy (non-hydrogen) atoms. The number of benzene rings is 1. The molecule has 2 heterocycles. The largest absolute Gasteiger partial charge is 0.483 e. The summed E-state index contributed by atoms with van der Waals surface area (Å²) in [5.41, 5.74) is 1.17. The molecule has 1 aromatic carbocycles. The lowest BCUT2D eigenvalue weighted by Crippen LogP contribution is -2.49. The van der Waals surface area contributed by atoms with Crippen molar-refractivity contribution in [1.82, 2.24) is 14.7 Å². The molecule has 2 fully saturated rings. The Balaban J connectivity index is 1.54. The molecule has 0 spiro atoms. The molecular weight excluding hydrogens is 326 g/mol. The topological polar surface area (TPSA) is 36.0 Å². The van der Waals surface area contributed by atoms with E-state index >= 15 is 0 Å². The highest BCUT2D eigenvalue weighted by molar-refractivity contribution is 5.77. The third-order valence-corrected chi connectivity index (χ3v) is 5.90. The average Bonchev–Trinajstić information content (AvgIpc) is 2.64. The first-order valence-electron chi connectivity index (χ1n) is 9.94. The standard InChI is InChI=1S/C21H33N3O2/c1-17-8-10-24(11-9-17)21(25)16-26-20-7-5-4-6-19(20)15-23-13-12-22(3)18(2)14-23/h4-7,17-18H,8-16H2,1-3H3. The van der Waals surface area contributed by atoms with Crippen molar-refractivity contribution in [2.45, 2.75) is 39.3 Å². The normalized spacial score (nSPS) is 23.2. The van der Waals surface area contributed by atoms with Crippen molar-refractivity contribution in [2.24, 2.45) is 5.92 Å². The van der Waals surface area contributed by atoms with Crippen LogP contribution in [0.4, 0.5) is 0 Å². The first-order valence-corrected chi connectivity index (χ1v) is 9.94. The summed E-state index contributed by atoms with van der Waals surface area (Å²) in [5.74, 6) is 1.68. The first-order chi connectivity index (χ1) is 12.5. The van der Waals surface area contributed by atoms with Gasteiger partial charge in [0, 0.05) is 50.9 Å². The molecule has 0 N–H and O–H groups in total. The van der Waals surface area contributed by atoms with Crippen molar-refractivity contribution in [3.05, 3.63) is 29.8 Å². The molecule has 2 aliphatic heterocycles. The van der Waals surface area contributed by atoms with Gasteiger partial charge in [-0.1, -0.05) is 25.1 Å². The Hall–Kier alpha value is -1.59. The highest BCUT2D eigenvalue weighted by Gasteiger charge is 2.23. The van der Waals surface area contributed by atoms with Crippen LogP contribution in [0.5, 0.6) is 5.75 Å². The van der Waals surface area contributed by atoms with Crippen molar-refractivity contribution in [3.8, 4) is 5.75 Å². The Morgan fingerprint density at radius 3 is 2.58 bits per heavy atom. The van der Waals surface area contributed by atoms with Gasteiger partial charge in [-0.2, -0.15) is 0 Å². The van der Waals surface area contributed by atoms with E-state index in [9.17, 15) is 4.79 Å². The van der Waals surface area contributed by atoms with E-state index in [4.69, 9.17) is 4.74 Å². The predicted molar refractivity (Wildman–Crippen MR) is 104 cm³/mol. The van der Waals surface area contributed by atoms with Gasteiger partial charge < -0.3 is 14.5 Å². The summed E-state index contributed by atoms with van der Waals surface area (Å²) in [5, 5.41) is 0. The van der Waals surface area contributed by atoms with Gasteiger partial charge in [0.05, 0.1) is 0 Å². The van der Waals surface area contributed by atoms with Gasteiger partial charge in [0.25, 0.3) is 5.91 Å². The predicted octanol–water partition coefficient (Wildman–Crippen LogP) is 2.46.